The standard InChI is InChI=1S/C27H22FN7/c1-35(2)15-16-11-18(14-29-13-16)17-7-8-23-21(12-17)25(34-33-23)27-31-24-20(9-10-30-26(24)32-27)19-5-3-4-6-22(19)28/h3-14H,15H2,1-2H3,(H,33,34)(H,30,31,32). The lowest BCUT2D eigenvalue weighted by atomic mass is 10.0. The maximum Gasteiger partial charge on any atom is 0.178 e. The van der Waals surface area contributed by atoms with Crippen LogP contribution in [-0.4, -0.2) is 49.1 Å². The number of fused-ring (bicyclic) bond motifs is 2. The van der Waals surface area contributed by atoms with E-state index in [1.165, 1.54) is 6.07 Å². The number of benzene rings is 2. The third kappa shape index (κ3) is 3.83. The molecular formula is C27H22FN7. The fourth-order valence-electron chi connectivity index (χ4n) is 4.40. The number of rotatable bonds is 5. The highest BCUT2D eigenvalue weighted by Crippen LogP contribution is 2.33. The van der Waals surface area contributed by atoms with Crippen molar-refractivity contribution in [3.63, 3.8) is 0 Å². The van der Waals surface area contributed by atoms with Crippen LogP contribution in [0.15, 0.2) is 73.2 Å². The van der Waals surface area contributed by atoms with Crippen LogP contribution in [0.3, 0.4) is 0 Å². The zero-order valence-electron chi connectivity index (χ0n) is 19.2. The number of hydrogen-bond donors (Lipinski definition) is 2. The monoisotopic (exact) mass is 463 g/mol. The van der Waals surface area contributed by atoms with E-state index >= 15 is 0 Å². The van der Waals surface area contributed by atoms with Crippen molar-refractivity contribution in [3.05, 3.63) is 84.6 Å². The molecular weight excluding hydrogens is 441 g/mol. The van der Waals surface area contributed by atoms with Gasteiger partial charge in [-0.1, -0.05) is 24.3 Å². The van der Waals surface area contributed by atoms with Crippen LogP contribution in [0.2, 0.25) is 0 Å². The molecule has 0 saturated heterocycles. The average molecular weight is 464 g/mol. The summed E-state index contributed by atoms with van der Waals surface area (Å²) in [5, 5.41) is 8.54. The van der Waals surface area contributed by atoms with Crippen molar-refractivity contribution < 1.29 is 4.39 Å². The number of hydrogen-bond acceptors (Lipinski definition) is 5. The molecule has 0 amide bonds. The molecule has 7 nitrogen and oxygen atoms in total. The number of H-pyrrole nitrogens is 2. The van der Waals surface area contributed by atoms with Gasteiger partial charge in [-0.05, 0) is 55.6 Å². The molecule has 0 radical (unpaired) electrons. The molecule has 2 aromatic carbocycles. The van der Waals surface area contributed by atoms with E-state index < -0.39 is 0 Å². The average Bonchev–Trinajstić information content (AvgIpc) is 3.47. The van der Waals surface area contributed by atoms with E-state index in [0.29, 0.717) is 33.8 Å². The quantitative estimate of drug-likeness (QED) is 0.356. The molecule has 0 unspecified atom stereocenters. The second-order valence-electron chi connectivity index (χ2n) is 8.77. The Labute approximate surface area is 200 Å². The second-order valence-corrected chi connectivity index (χ2v) is 8.77. The van der Waals surface area contributed by atoms with Crippen LogP contribution in [0.25, 0.3) is 55.8 Å². The number of aromatic nitrogens is 6. The molecule has 2 N–H and O–H groups in total. The largest absolute Gasteiger partial charge is 0.335 e. The molecule has 0 saturated carbocycles. The fraction of sp³-hybridized carbons (Fsp3) is 0.111. The van der Waals surface area contributed by atoms with Crippen molar-refractivity contribution in [2.75, 3.05) is 14.1 Å². The Morgan fingerprint density at radius 3 is 2.69 bits per heavy atom. The predicted molar refractivity (Wildman–Crippen MR) is 135 cm³/mol. The van der Waals surface area contributed by atoms with Crippen LogP contribution in [0.4, 0.5) is 4.39 Å². The fourth-order valence-corrected chi connectivity index (χ4v) is 4.40. The number of nitrogens with zero attached hydrogens (tertiary/aromatic N) is 5. The highest BCUT2D eigenvalue weighted by molar-refractivity contribution is 5.97. The minimum absolute atomic E-state index is 0.295. The summed E-state index contributed by atoms with van der Waals surface area (Å²) in [6.07, 6.45) is 5.40. The first-order valence-corrected chi connectivity index (χ1v) is 11.2. The van der Waals surface area contributed by atoms with Crippen LogP contribution in [-0.2, 0) is 6.54 Å². The van der Waals surface area contributed by atoms with Gasteiger partial charge in [0.05, 0.1) is 11.0 Å². The van der Waals surface area contributed by atoms with E-state index in [2.05, 4.69) is 53.2 Å². The maximum atomic E-state index is 14.5. The summed E-state index contributed by atoms with van der Waals surface area (Å²) in [5.41, 5.74) is 7.16. The van der Waals surface area contributed by atoms with Crippen LogP contribution in [0.1, 0.15) is 5.56 Å². The lowest BCUT2D eigenvalue weighted by Crippen LogP contribution is -2.10. The summed E-state index contributed by atoms with van der Waals surface area (Å²) in [6.45, 7) is 0.816. The number of aromatic amines is 2. The summed E-state index contributed by atoms with van der Waals surface area (Å²) in [6, 6.07) is 16.8. The van der Waals surface area contributed by atoms with Crippen LogP contribution in [0, 0.1) is 5.82 Å². The molecule has 6 rings (SSSR count). The zero-order chi connectivity index (χ0) is 23.9. The van der Waals surface area contributed by atoms with Gasteiger partial charge >= 0.3 is 0 Å². The third-order valence-electron chi connectivity index (χ3n) is 5.97. The van der Waals surface area contributed by atoms with Gasteiger partial charge in [-0.15, -0.1) is 0 Å². The van der Waals surface area contributed by atoms with E-state index in [9.17, 15) is 4.39 Å². The molecule has 8 heteroatoms. The Bertz CT molecular complexity index is 1680. The van der Waals surface area contributed by atoms with Crippen LogP contribution >= 0.6 is 0 Å². The van der Waals surface area contributed by atoms with Crippen molar-refractivity contribution in [1.82, 2.24) is 35.0 Å². The molecule has 0 atom stereocenters. The van der Waals surface area contributed by atoms with Gasteiger partial charge in [-0.2, -0.15) is 5.10 Å². The highest BCUT2D eigenvalue weighted by Gasteiger charge is 2.17. The molecule has 0 fully saturated rings. The van der Waals surface area contributed by atoms with Crippen molar-refractivity contribution in [1.29, 1.82) is 0 Å². The molecule has 0 aliphatic carbocycles. The molecule has 0 aliphatic rings. The molecule has 172 valence electrons. The zero-order valence-corrected chi connectivity index (χ0v) is 19.2. The van der Waals surface area contributed by atoms with Crippen LogP contribution < -0.4 is 0 Å². The van der Waals surface area contributed by atoms with E-state index in [4.69, 9.17) is 0 Å². The smallest absolute Gasteiger partial charge is 0.178 e. The lowest BCUT2D eigenvalue weighted by Gasteiger charge is -2.10. The highest BCUT2D eigenvalue weighted by atomic mass is 19.1. The maximum absolute atomic E-state index is 14.5. The third-order valence-corrected chi connectivity index (χ3v) is 5.97. The number of pyridine rings is 2. The first-order valence-electron chi connectivity index (χ1n) is 11.2. The van der Waals surface area contributed by atoms with E-state index in [1.807, 2.05) is 38.6 Å². The summed E-state index contributed by atoms with van der Waals surface area (Å²) in [5.74, 6) is 0.273. The van der Waals surface area contributed by atoms with Gasteiger partial charge in [0.15, 0.2) is 11.5 Å². The minimum Gasteiger partial charge on any atom is -0.335 e. The molecule has 0 aliphatic heterocycles. The summed E-state index contributed by atoms with van der Waals surface area (Å²) < 4.78 is 14.5. The molecule has 4 aromatic heterocycles. The molecule has 35 heavy (non-hydrogen) atoms. The summed E-state index contributed by atoms with van der Waals surface area (Å²) in [4.78, 5) is 18.9. The Morgan fingerprint density at radius 2 is 1.83 bits per heavy atom. The van der Waals surface area contributed by atoms with Gasteiger partial charge < -0.3 is 9.88 Å². The van der Waals surface area contributed by atoms with Gasteiger partial charge in [-0.25, -0.2) is 14.4 Å². The molecule has 4 heterocycles. The first kappa shape index (κ1) is 21.1. The van der Waals surface area contributed by atoms with E-state index in [1.54, 1.807) is 24.4 Å². The van der Waals surface area contributed by atoms with Gasteiger partial charge in [0.1, 0.15) is 11.5 Å². The second kappa shape index (κ2) is 8.41. The minimum atomic E-state index is -0.295. The van der Waals surface area contributed by atoms with E-state index in [-0.39, 0.29) is 5.82 Å². The van der Waals surface area contributed by atoms with Crippen LogP contribution in [0.5, 0.6) is 0 Å². The molecule has 0 spiro atoms. The number of nitrogens with one attached hydrogen (secondary N) is 2. The van der Waals surface area contributed by atoms with Gasteiger partial charge in [0, 0.05) is 47.2 Å². The van der Waals surface area contributed by atoms with E-state index in [0.717, 1.165) is 34.1 Å². The Hall–Kier alpha value is -4.43. The molecule has 0 bridgehead atoms. The van der Waals surface area contributed by atoms with Crippen molar-refractivity contribution in [3.8, 4) is 33.8 Å². The lowest BCUT2D eigenvalue weighted by molar-refractivity contribution is 0.402. The summed E-state index contributed by atoms with van der Waals surface area (Å²) >= 11 is 0. The van der Waals surface area contributed by atoms with Gasteiger partial charge in [0.2, 0.25) is 0 Å². The molecule has 6 aromatic rings. The Kier molecular flexibility index (Phi) is 5.08. The number of halogens is 1. The first-order chi connectivity index (χ1) is 17.1. The Balaban J connectivity index is 1.46. The number of imidazole rings is 1. The Morgan fingerprint density at radius 1 is 0.943 bits per heavy atom. The van der Waals surface area contributed by atoms with Crippen molar-refractivity contribution in [2.45, 2.75) is 6.54 Å². The van der Waals surface area contributed by atoms with Gasteiger partial charge in [0.25, 0.3) is 0 Å². The van der Waals surface area contributed by atoms with Crippen molar-refractivity contribution >= 4 is 22.1 Å². The summed E-state index contributed by atoms with van der Waals surface area (Å²) in [7, 11) is 4.08. The normalized spacial score (nSPS) is 11.7. The SMILES string of the molecule is CN(C)Cc1cncc(-c2ccc3[nH]nc(-c4nc5nccc(-c6ccccc6F)c5[nH]4)c3c2)c1. The topological polar surface area (TPSA) is 86.4 Å². The van der Waals surface area contributed by atoms with Gasteiger partial charge in [-0.3, -0.25) is 10.1 Å². The van der Waals surface area contributed by atoms with Crippen molar-refractivity contribution in [2.24, 2.45) is 0 Å². The predicted octanol–water partition coefficient (Wildman–Crippen LogP) is 5.43.